The summed E-state index contributed by atoms with van der Waals surface area (Å²) in [6.45, 7) is 0. The molecule has 0 N–H and O–H groups in total. The standard InChI is InChI=1S/C100H62N4/c1-3-19-75(20-4-1)102-93-29-15-13-27-84(93)86-49-38-70(60-98(86)102)68-43-54-97-92(58-68)88-51-40-72(62-100(88)104(97)78-44-33-63(34-45-78)66-37-48-81-74(55-66)32-31-64-17-7-9-23-79(64)81)69-42-53-96-91(57-69)87-50-39-71(61-99(87)103(96)76-21-5-2-6-22-76)67-41-52-95-90(56-67)85-28-14-16-30-94(85)101(95)77-46-35-65(36-47-77)89-59-73-18-8-10-24-80(73)82-25-11-12-26-83(82)89/h1-62H. The van der Waals surface area contributed by atoms with Gasteiger partial charge in [-0.2, -0.15) is 0 Å². The Morgan fingerprint density at radius 1 is 0.125 bits per heavy atom. The molecular weight excluding hydrogens is 1260 g/mol. The van der Waals surface area contributed by atoms with Crippen LogP contribution in [0.15, 0.2) is 376 Å². The number of rotatable bonds is 9. The molecule has 0 unspecified atom stereocenters. The van der Waals surface area contributed by atoms with Crippen molar-refractivity contribution in [1.29, 1.82) is 0 Å². The van der Waals surface area contributed by atoms with Crippen molar-refractivity contribution < 1.29 is 0 Å². The molecule has 4 heteroatoms. The van der Waals surface area contributed by atoms with Crippen molar-refractivity contribution in [3.63, 3.8) is 0 Å². The lowest BCUT2D eigenvalue weighted by atomic mass is 9.93. The van der Waals surface area contributed by atoms with Gasteiger partial charge in [0, 0.05) is 65.8 Å². The van der Waals surface area contributed by atoms with Crippen LogP contribution in [0.4, 0.5) is 0 Å². The lowest BCUT2D eigenvalue weighted by Crippen LogP contribution is -1.95. The summed E-state index contributed by atoms with van der Waals surface area (Å²) in [4.78, 5) is 0. The molecule has 22 rings (SSSR count). The fourth-order valence-electron chi connectivity index (χ4n) is 17.4. The van der Waals surface area contributed by atoms with Gasteiger partial charge in [0.25, 0.3) is 0 Å². The summed E-state index contributed by atoms with van der Waals surface area (Å²) in [5, 5.41) is 19.9. The highest BCUT2D eigenvalue weighted by atomic mass is 15.0. The first-order chi connectivity index (χ1) is 51.5. The van der Waals surface area contributed by atoms with Crippen LogP contribution in [-0.4, -0.2) is 18.3 Å². The van der Waals surface area contributed by atoms with Gasteiger partial charge in [-0.3, -0.25) is 0 Å². The van der Waals surface area contributed by atoms with Crippen LogP contribution in [0.5, 0.6) is 0 Å². The first kappa shape index (κ1) is 58.0. The summed E-state index contributed by atoms with van der Waals surface area (Å²) in [6.07, 6.45) is 0. The van der Waals surface area contributed by atoms with Gasteiger partial charge in [0.15, 0.2) is 0 Å². The van der Waals surface area contributed by atoms with Crippen molar-refractivity contribution in [2.24, 2.45) is 0 Å². The molecule has 104 heavy (non-hydrogen) atoms. The van der Waals surface area contributed by atoms with E-state index in [1.807, 2.05) is 0 Å². The van der Waals surface area contributed by atoms with Crippen molar-refractivity contribution in [2.45, 2.75) is 0 Å². The summed E-state index contributed by atoms with van der Waals surface area (Å²) in [6, 6.07) is 140. The zero-order valence-electron chi connectivity index (χ0n) is 56.6. The first-order valence-corrected chi connectivity index (χ1v) is 35.9. The van der Waals surface area contributed by atoms with E-state index in [9.17, 15) is 0 Å². The van der Waals surface area contributed by atoms with Gasteiger partial charge in [-0.05, 0) is 226 Å². The Morgan fingerprint density at radius 2 is 0.413 bits per heavy atom. The molecule has 0 amide bonds. The van der Waals surface area contributed by atoms with Gasteiger partial charge in [0.1, 0.15) is 0 Å². The Labute approximate surface area is 599 Å². The number of nitrogens with zero attached hydrogens (tertiary/aromatic N) is 4. The Hall–Kier alpha value is -13.8. The first-order valence-electron chi connectivity index (χ1n) is 35.9. The number of para-hydroxylation sites is 4. The van der Waals surface area contributed by atoms with Gasteiger partial charge >= 0.3 is 0 Å². The van der Waals surface area contributed by atoms with Gasteiger partial charge in [0.2, 0.25) is 0 Å². The summed E-state index contributed by atoms with van der Waals surface area (Å²) in [5.41, 5.74) is 25.7. The number of benzene rings is 18. The minimum atomic E-state index is 1.11. The second-order valence-corrected chi connectivity index (χ2v) is 27.9. The maximum Gasteiger partial charge on any atom is 0.0547 e. The highest BCUT2D eigenvalue weighted by molar-refractivity contribution is 6.18. The molecule has 0 saturated carbocycles. The Kier molecular flexibility index (Phi) is 12.8. The van der Waals surface area contributed by atoms with Crippen LogP contribution >= 0.6 is 0 Å². The van der Waals surface area contributed by atoms with E-state index in [0.29, 0.717) is 0 Å². The van der Waals surface area contributed by atoms with Gasteiger partial charge < -0.3 is 18.3 Å². The van der Waals surface area contributed by atoms with E-state index in [4.69, 9.17) is 0 Å². The van der Waals surface area contributed by atoms with E-state index in [2.05, 4.69) is 394 Å². The minimum Gasteiger partial charge on any atom is -0.309 e. The third kappa shape index (κ3) is 8.99. The predicted molar refractivity (Wildman–Crippen MR) is 441 cm³/mol. The second kappa shape index (κ2) is 22.9. The second-order valence-electron chi connectivity index (χ2n) is 27.9. The number of fused-ring (bicyclic) bond motifs is 18. The quantitative estimate of drug-likeness (QED) is 0.128. The molecule has 4 aromatic heterocycles. The van der Waals surface area contributed by atoms with Crippen LogP contribution in [0.3, 0.4) is 0 Å². The Balaban J connectivity index is 0.661. The van der Waals surface area contributed by atoms with Crippen molar-refractivity contribution in [3.8, 4) is 78.4 Å². The highest BCUT2D eigenvalue weighted by Gasteiger charge is 2.22. The summed E-state index contributed by atoms with van der Waals surface area (Å²) < 4.78 is 9.77. The average molecular weight is 1320 g/mol. The van der Waals surface area contributed by atoms with Crippen molar-refractivity contribution in [3.05, 3.63) is 376 Å². The molecule has 22 aromatic rings. The number of hydrogen-bond acceptors (Lipinski definition) is 0. The van der Waals surface area contributed by atoms with Crippen LogP contribution in [0.25, 0.3) is 209 Å². The monoisotopic (exact) mass is 1320 g/mol. The van der Waals surface area contributed by atoms with Crippen molar-refractivity contribution in [1.82, 2.24) is 18.3 Å². The average Bonchev–Trinajstić information content (AvgIpc) is 1.56. The van der Waals surface area contributed by atoms with Crippen LogP contribution in [0.1, 0.15) is 0 Å². The largest absolute Gasteiger partial charge is 0.309 e. The maximum absolute atomic E-state index is 2.48. The number of aromatic nitrogens is 4. The van der Waals surface area contributed by atoms with E-state index in [1.165, 1.54) is 153 Å². The molecular formula is C100H62N4. The van der Waals surface area contributed by atoms with Gasteiger partial charge in [-0.25, -0.2) is 0 Å². The third-order valence-corrected chi connectivity index (χ3v) is 22.3. The Bertz CT molecular complexity index is 7310. The molecule has 0 aliphatic carbocycles. The van der Waals surface area contributed by atoms with E-state index in [0.717, 1.165) is 55.9 Å². The van der Waals surface area contributed by atoms with Crippen LogP contribution < -0.4 is 0 Å². The molecule has 0 fully saturated rings. The normalized spacial score (nSPS) is 12.0. The summed E-state index contributed by atoms with van der Waals surface area (Å²) in [7, 11) is 0. The lowest BCUT2D eigenvalue weighted by Gasteiger charge is -2.13. The van der Waals surface area contributed by atoms with Crippen LogP contribution in [0.2, 0.25) is 0 Å². The molecule has 0 bridgehead atoms. The third-order valence-electron chi connectivity index (χ3n) is 22.3. The van der Waals surface area contributed by atoms with Gasteiger partial charge in [-0.15, -0.1) is 0 Å². The van der Waals surface area contributed by atoms with E-state index in [1.54, 1.807) is 0 Å². The van der Waals surface area contributed by atoms with Crippen molar-refractivity contribution >= 4 is 130 Å². The fraction of sp³-hybridized carbons (Fsp3) is 0. The fourth-order valence-corrected chi connectivity index (χ4v) is 17.4. The smallest absolute Gasteiger partial charge is 0.0547 e. The SMILES string of the molecule is c1ccc(-n2c3ccccc3c3ccc(-c4ccc5c(c4)c4ccc(-c6ccc7c(c6)c6ccc(-c8ccc9c(c8)c8ccccc8n9-c8ccc(-c9cc%10ccccc%10c%10ccccc9%10)cc8)cc6n7-c6ccccc6)cc4n5-c4ccc(-c5ccc6c(ccc7ccccc76)c5)cc4)cc32)cc1. The molecule has 4 heterocycles. The zero-order chi connectivity index (χ0) is 68.1. The minimum absolute atomic E-state index is 1.11. The zero-order valence-corrected chi connectivity index (χ0v) is 56.6. The number of hydrogen-bond donors (Lipinski definition) is 0. The Morgan fingerprint density at radius 3 is 0.923 bits per heavy atom. The lowest BCUT2D eigenvalue weighted by molar-refractivity contribution is 1.18. The molecule has 18 aromatic carbocycles. The molecule has 4 nitrogen and oxygen atoms in total. The van der Waals surface area contributed by atoms with Gasteiger partial charge in [0.05, 0.1) is 44.1 Å². The summed E-state index contributed by atoms with van der Waals surface area (Å²) >= 11 is 0. The predicted octanol–water partition coefficient (Wildman–Crippen LogP) is 27.0. The molecule has 0 aliphatic rings. The van der Waals surface area contributed by atoms with Gasteiger partial charge in [-0.1, -0.05) is 249 Å². The molecule has 0 atom stereocenters. The molecule has 482 valence electrons. The topological polar surface area (TPSA) is 19.7 Å². The van der Waals surface area contributed by atoms with Crippen molar-refractivity contribution in [2.75, 3.05) is 0 Å². The summed E-state index contributed by atoms with van der Waals surface area (Å²) in [5.74, 6) is 0. The molecule has 0 aliphatic heterocycles. The highest BCUT2D eigenvalue weighted by Crippen LogP contribution is 2.45. The van der Waals surface area contributed by atoms with Crippen LogP contribution in [-0.2, 0) is 0 Å². The molecule has 0 saturated heterocycles. The van der Waals surface area contributed by atoms with E-state index in [-0.39, 0.29) is 0 Å². The van der Waals surface area contributed by atoms with Crippen LogP contribution in [0, 0.1) is 0 Å². The van der Waals surface area contributed by atoms with E-state index < -0.39 is 0 Å². The maximum atomic E-state index is 2.48. The molecule has 0 radical (unpaired) electrons. The van der Waals surface area contributed by atoms with E-state index >= 15 is 0 Å². The molecule has 0 spiro atoms.